The van der Waals surface area contributed by atoms with Gasteiger partial charge in [0.05, 0.1) is 0 Å². The molecule has 0 spiro atoms. The van der Waals surface area contributed by atoms with Crippen molar-refractivity contribution < 1.29 is 14.7 Å². The van der Waals surface area contributed by atoms with E-state index < -0.39 is 11.8 Å². The van der Waals surface area contributed by atoms with Crippen LogP contribution in [0.25, 0.3) is 0 Å². The lowest BCUT2D eigenvalue weighted by Crippen LogP contribution is -2.59. The highest BCUT2D eigenvalue weighted by molar-refractivity contribution is 6.11. The molecule has 41 heavy (non-hydrogen) atoms. The lowest BCUT2D eigenvalue weighted by Gasteiger charge is -2.38. The van der Waals surface area contributed by atoms with E-state index in [1.165, 1.54) is 141 Å². The van der Waals surface area contributed by atoms with Gasteiger partial charge in [-0.3, -0.25) is 14.5 Å². The summed E-state index contributed by atoms with van der Waals surface area (Å²) in [5.41, 5.74) is -1.22. The molecule has 0 amide bonds. The fourth-order valence-corrected chi connectivity index (χ4v) is 6.02. The van der Waals surface area contributed by atoms with Crippen LogP contribution in [-0.4, -0.2) is 40.4 Å². The van der Waals surface area contributed by atoms with Crippen LogP contribution in [0, 0.1) is 0 Å². The SMILES string of the molecule is CCCCCCCCCCCCCCCC(=O)C(C)(C(=O)CCCCCCCCCCCCCCC)N(C)C(C)O. The van der Waals surface area contributed by atoms with Gasteiger partial charge in [-0.1, -0.05) is 168 Å². The molecule has 0 saturated heterocycles. The van der Waals surface area contributed by atoms with E-state index in [0.29, 0.717) is 12.8 Å². The highest BCUT2D eigenvalue weighted by Crippen LogP contribution is 2.25. The first-order valence-corrected chi connectivity index (χ1v) is 18.3. The van der Waals surface area contributed by atoms with Gasteiger partial charge in [-0.15, -0.1) is 0 Å². The van der Waals surface area contributed by atoms with Gasteiger partial charge in [0, 0.05) is 12.8 Å². The number of carbonyl (C=O) groups excluding carboxylic acids is 2. The van der Waals surface area contributed by atoms with Crippen molar-refractivity contribution in [2.24, 2.45) is 0 Å². The smallest absolute Gasteiger partial charge is 0.160 e. The van der Waals surface area contributed by atoms with Gasteiger partial charge in [-0.05, 0) is 33.7 Å². The number of aliphatic hydroxyl groups excluding tert-OH is 1. The first kappa shape index (κ1) is 40.3. The molecule has 0 aromatic heterocycles. The van der Waals surface area contributed by atoms with Crippen molar-refractivity contribution >= 4 is 11.6 Å². The molecule has 0 aliphatic heterocycles. The lowest BCUT2D eigenvalue weighted by molar-refractivity contribution is -0.149. The quantitative estimate of drug-likeness (QED) is 0.0489. The van der Waals surface area contributed by atoms with Crippen LogP contribution in [0.15, 0.2) is 0 Å². The number of unbranched alkanes of at least 4 members (excludes halogenated alkanes) is 24. The van der Waals surface area contributed by atoms with Gasteiger partial charge in [0.1, 0.15) is 11.8 Å². The van der Waals surface area contributed by atoms with Crippen LogP contribution in [0.1, 0.15) is 207 Å². The zero-order valence-corrected chi connectivity index (χ0v) is 28.6. The highest BCUT2D eigenvalue weighted by atomic mass is 16.3. The van der Waals surface area contributed by atoms with Crippen molar-refractivity contribution in [1.29, 1.82) is 0 Å². The number of carbonyl (C=O) groups is 2. The van der Waals surface area contributed by atoms with Gasteiger partial charge in [-0.25, -0.2) is 0 Å². The third-order valence-electron chi connectivity index (χ3n) is 9.37. The Hall–Kier alpha value is -0.740. The normalized spacial score (nSPS) is 12.8. The predicted octanol–water partition coefficient (Wildman–Crippen LogP) is 11.1. The first-order chi connectivity index (χ1) is 19.8. The molecule has 244 valence electrons. The molecular formula is C37H73NO3. The Morgan fingerprint density at radius 2 is 0.732 bits per heavy atom. The summed E-state index contributed by atoms with van der Waals surface area (Å²) in [4.78, 5) is 28.2. The predicted molar refractivity (Wildman–Crippen MR) is 178 cm³/mol. The van der Waals surface area contributed by atoms with Crippen molar-refractivity contribution in [2.45, 2.75) is 219 Å². The Kier molecular flexibility index (Phi) is 27.5. The molecule has 4 nitrogen and oxygen atoms in total. The highest BCUT2D eigenvalue weighted by Gasteiger charge is 2.44. The van der Waals surface area contributed by atoms with Crippen LogP contribution in [0.5, 0.6) is 0 Å². The second kappa shape index (κ2) is 28.1. The second-order valence-corrected chi connectivity index (χ2v) is 13.1. The van der Waals surface area contributed by atoms with Gasteiger partial charge in [0.25, 0.3) is 0 Å². The van der Waals surface area contributed by atoms with Crippen LogP contribution >= 0.6 is 0 Å². The molecule has 0 aromatic carbocycles. The Labute approximate surface area is 257 Å². The van der Waals surface area contributed by atoms with Crippen LogP contribution in [-0.2, 0) is 9.59 Å². The third kappa shape index (κ3) is 20.7. The molecular weight excluding hydrogens is 506 g/mol. The van der Waals surface area contributed by atoms with Gasteiger partial charge < -0.3 is 5.11 Å². The molecule has 1 unspecified atom stereocenters. The fourth-order valence-electron chi connectivity index (χ4n) is 6.02. The molecule has 0 radical (unpaired) electrons. The summed E-state index contributed by atoms with van der Waals surface area (Å²) < 4.78 is 0. The molecule has 0 saturated carbocycles. The molecule has 0 aliphatic carbocycles. The Morgan fingerprint density at radius 3 is 0.951 bits per heavy atom. The molecule has 0 heterocycles. The zero-order valence-electron chi connectivity index (χ0n) is 28.6. The van der Waals surface area contributed by atoms with E-state index in [4.69, 9.17) is 0 Å². The topological polar surface area (TPSA) is 57.6 Å². The molecule has 0 fully saturated rings. The largest absolute Gasteiger partial charge is 0.379 e. The number of rotatable bonds is 32. The Bertz CT molecular complexity index is 561. The lowest BCUT2D eigenvalue weighted by atomic mass is 9.84. The molecule has 1 N–H and O–H groups in total. The van der Waals surface area contributed by atoms with Crippen LogP contribution in [0.4, 0.5) is 0 Å². The van der Waals surface area contributed by atoms with Gasteiger partial charge >= 0.3 is 0 Å². The van der Waals surface area contributed by atoms with E-state index in [-0.39, 0.29) is 11.6 Å². The first-order valence-electron chi connectivity index (χ1n) is 18.3. The van der Waals surface area contributed by atoms with E-state index in [1.54, 1.807) is 25.8 Å². The number of ketones is 2. The minimum absolute atomic E-state index is 0.0244. The minimum Gasteiger partial charge on any atom is -0.379 e. The number of hydrogen-bond donors (Lipinski definition) is 1. The number of hydrogen-bond acceptors (Lipinski definition) is 4. The fraction of sp³-hybridized carbons (Fsp3) is 0.946. The molecule has 0 aromatic rings. The maximum absolute atomic E-state index is 13.3. The molecule has 0 rings (SSSR count). The van der Waals surface area contributed by atoms with E-state index in [2.05, 4.69) is 13.8 Å². The van der Waals surface area contributed by atoms with E-state index in [0.717, 1.165) is 25.7 Å². The number of likely N-dealkylation sites (N-methyl/N-ethyl adjacent to an activating group) is 1. The maximum Gasteiger partial charge on any atom is 0.160 e. The summed E-state index contributed by atoms with van der Waals surface area (Å²) in [5.74, 6) is -0.0488. The summed E-state index contributed by atoms with van der Waals surface area (Å²) in [7, 11) is 1.72. The Morgan fingerprint density at radius 1 is 0.512 bits per heavy atom. The Balaban J connectivity index is 4.12. The summed E-state index contributed by atoms with van der Waals surface area (Å²) >= 11 is 0. The number of nitrogens with zero attached hydrogens (tertiary/aromatic N) is 1. The number of aliphatic hydroxyl groups is 1. The van der Waals surface area contributed by atoms with Crippen LogP contribution in [0.2, 0.25) is 0 Å². The molecule has 0 bridgehead atoms. The molecule has 1 atom stereocenters. The van der Waals surface area contributed by atoms with E-state index >= 15 is 0 Å². The van der Waals surface area contributed by atoms with Gasteiger partial charge in [-0.2, -0.15) is 0 Å². The van der Waals surface area contributed by atoms with Crippen molar-refractivity contribution in [3.63, 3.8) is 0 Å². The van der Waals surface area contributed by atoms with Crippen LogP contribution < -0.4 is 0 Å². The number of Topliss-reactive ketones (excluding diaryl/α,β-unsaturated/α-hetero) is 2. The van der Waals surface area contributed by atoms with Gasteiger partial charge in [0.2, 0.25) is 0 Å². The second-order valence-electron chi connectivity index (χ2n) is 13.1. The molecule has 4 heteroatoms. The van der Waals surface area contributed by atoms with E-state index in [9.17, 15) is 14.7 Å². The average Bonchev–Trinajstić information content (AvgIpc) is 2.96. The monoisotopic (exact) mass is 580 g/mol. The average molecular weight is 580 g/mol. The van der Waals surface area contributed by atoms with Crippen molar-refractivity contribution in [1.82, 2.24) is 4.90 Å². The zero-order chi connectivity index (χ0) is 30.6. The van der Waals surface area contributed by atoms with Crippen LogP contribution in [0.3, 0.4) is 0 Å². The summed E-state index contributed by atoms with van der Waals surface area (Å²) in [6.45, 7) is 7.93. The van der Waals surface area contributed by atoms with Crippen molar-refractivity contribution in [3.8, 4) is 0 Å². The van der Waals surface area contributed by atoms with Crippen molar-refractivity contribution in [2.75, 3.05) is 7.05 Å². The summed E-state index contributed by atoms with van der Waals surface area (Å²) in [5, 5.41) is 10.2. The summed E-state index contributed by atoms with van der Waals surface area (Å²) in [6, 6.07) is 0. The third-order valence-corrected chi connectivity index (χ3v) is 9.37. The minimum atomic E-state index is -1.22. The standard InChI is InChI=1S/C37H73NO3/c1-6-8-10-12-14-16-18-20-22-24-26-28-30-32-35(40)37(4,38(5)34(3)39)36(41)33-31-29-27-25-23-21-19-17-15-13-11-9-7-2/h34,39H,6-33H2,1-5H3. The maximum atomic E-state index is 13.3. The van der Waals surface area contributed by atoms with E-state index in [1.807, 2.05) is 0 Å². The molecule has 0 aliphatic rings. The summed E-state index contributed by atoms with van der Waals surface area (Å²) in [6.07, 6.45) is 33.1. The van der Waals surface area contributed by atoms with Crippen molar-refractivity contribution in [3.05, 3.63) is 0 Å². The van der Waals surface area contributed by atoms with Gasteiger partial charge in [0.15, 0.2) is 11.6 Å².